The first-order valence-electron chi connectivity index (χ1n) is 8.28. The van der Waals surface area contributed by atoms with E-state index in [0.29, 0.717) is 12.1 Å². The molecule has 1 aromatic heterocycles. The van der Waals surface area contributed by atoms with E-state index in [-0.39, 0.29) is 17.9 Å². The van der Waals surface area contributed by atoms with Gasteiger partial charge < -0.3 is 10.4 Å². The van der Waals surface area contributed by atoms with Gasteiger partial charge >= 0.3 is 5.97 Å². The summed E-state index contributed by atoms with van der Waals surface area (Å²) in [5.74, 6) is -1.99. The molecule has 132 valence electrons. The molecule has 0 saturated heterocycles. The molecule has 0 fully saturated rings. The number of hydrogen-bond acceptors (Lipinski definition) is 3. The minimum Gasteiger partial charge on any atom is -0.480 e. The van der Waals surface area contributed by atoms with E-state index < -0.39 is 17.4 Å². The molecule has 1 aliphatic rings. The highest BCUT2D eigenvalue weighted by molar-refractivity contribution is 5.97. The van der Waals surface area contributed by atoms with Gasteiger partial charge in [-0.05, 0) is 50.8 Å². The second-order valence-corrected chi connectivity index (χ2v) is 6.46. The lowest BCUT2D eigenvalue weighted by molar-refractivity contribution is -0.143. The van der Waals surface area contributed by atoms with Crippen LogP contribution in [0.5, 0.6) is 0 Å². The number of carboxylic acid groups (broad SMARTS) is 1. The summed E-state index contributed by atoms with van der Waals surface area (Å²) in [6.07, 6.45) is 2.58. The first-order chi connectivity index (χ1) is 11.9. The van der Waals surface area contributed by atoms with Crippen molar-refractivity contribution in [3.05, 3.63) is 47.0 Å². The van der Waals surface area contributed by atoms with Crippen LogP contribution >= 0.6 is 0 Å². The lowest BCUT2D eigenvalue weighted by atomic mass is 9.99. The van der Waals surface area contributed by atoms with Gasteiger partial charge in [0.1, 0.15) is 11.4 Å². The van der Waals surface area contributed by atoms with Gasteiger partial charge in [-0.25, -0.2) is 13.9 Å². The Morgan fingerprint density at radius 2 is 2.16 bits per heavy atom. The number of benzene rings is 1. The largest absolute Gasteiger partial charge is 0.480 e. The average Bonchev–Trinajstić information content (AvgIpc) is 3.16. The van der Waals surface area contributed by atoms with Crippen molar-refractivity contribution in [1.82, 2.24) is 15.1 Å². The Kier molecular flexibility index (Phi) is 4.32. The van der Waals surface area contributed by atoms with Crippen molar-refractivity contribution >= 4 is 11.9 Å². The molecular formula is C18H20FN3O3. The number of fused-ring (bicyclic) bond motifs is 1. The van der Waals surface area contributed by atoms with Gasteiger partial charge in [0, 0.05) is 11.3 Å². The number of halogens is 1. The molecule has 0 radical (unpaired) electrons. The Bertz CT molecular complexity index is 846. The SMILES string of the molecule is CCC(C)(NC(=O)c1nn(-c2cccc(F)c2)c2c1CCC2)C(=O)O. The van der Waals surface area contributed by atoms with Crippen LogP contribution < -0.4 is 5.32 Å². The number of nitrogens with one attached hydrogen (secondary N) is 1. The number of amides is 1. The van der Waals surface area contributed by atoms with Crippen LogP contribution in [-0.4, -0.2) is 32.3 Å². The van der Waals surface area contributed by atoms with Crippen LogP contribution in [0, 0.1) is 5.82 Å². The molecule has 1 unspecified atom stereocenters. The van der Waals surface area contributed by atoms with E-state index in [2.05, 4.69) is 10.4 Å². The normalized spacial score (nSPS) is 15.5. The van der Waals surface area contributed by atoms with Crippen molar-refractivity contribution in [3.8, 4) is 5.69 Å². The predicted octanol–water partition coefficient (Wildman–Crippen LogP) is 2.48. The monoisotopic (exact) mass is 345 g/mol. The molecule has 1 amide bonds. The van der Waals surface area contributed by atoms with E-state index in [0.717, 1.165) is 24.1 Å². The molecule has 0 saturated carbocycles. The van der Waals surface area contributed by atoms with Crippen molar-refractivity contribution in [3.63, 3.8) is 0 Å². The number of rotatable bonds is 5. The maximum Gasteiger partial charge on any atom is 0.329 e. The molecule has 0 bridgehead atoms. The Morgan fingerprint density at radius 3 is 2.80 bits per heavy atom. The van der Waals surface area contributed by atoms with Gasteiger partial charge in [0.15, 0.2) is 5.69 Å². The van der Waals surface area contributed by atoms with Crippen molar-refractivity contribution in [1.29, 1.82) is 0 Å². The number of carbonyl (C=O) groups excluding carboxylic acids is 1. The van der Waals surface area contributed by atoms with E-state index >= 15 is 0 Å². The third-order valence-corrected chi connectivity index (χ3v) is 4.77. The van der Waals surface area contributed by atoms with Crippen LogP contribution in [0.25, 0.3) is 5.69 Å². The second-order valence-electron chi connectivity index (χ2n) is 6.46. The van der Waals surface area contributed by atoms with Gasteiger partial charge in [-0.3, -0.25) is 4.79 Å². The van der Waals surface area contributed by atoms with Crippen LogP contribution in [0.1, 0.15) is 48.4 Å². The number of nitrogens with zero attached hydrogens (tertiary/aromatic N) is 2. The third kappa shape index (κ3) is 3.01. The summed E-state index contributed by atoms with van der Waals surface area (Å²) < 4.78 is 15.1. The fourth-order valence-electron chi connectivity index (χ4n) is 3.04. The molecule has 0 aliphatic heterocycles. The molecule has 2 aromatic rings. The summed E-state index contributed by atoms with van der Waals surface area (Å²) in [4.78, 5) is 24.1. The average molecular weight is 345 g/mol. The topological polar surface area (TPSA) is 84.2 Å². The maximum atomic E-state index is 13.5. The Labute approximate surface area is 144 Å². The van der Waals surface area contributed by atoms with Gasteiger partial charge in [-0.2, -0.15) is 5.10 Å². The van der Waals surface area contributed by atoms with E-state index in [1.807, 2.05) is 0 Å². The molecule has 1 atom stereocenters. The smallest absolute Gasteiger partial charge is 0.329 e. The minimum absolute atomic E-state index is 0.220. The number of hydrogen-bond donors (Lipinski definition) is 2. The van der Waals surface area contributed by atoms with Crippen molar-refractivity contribution in [2.24, 2.45) is 0 Å². The summed E-state index contributed by atoms with van der Waals surface area (Å²) in [6.45, 7) is 3.17. The number of carboxylic acids is 1. The fourth-order valence-corrected chi connectivity index (χ4v) is 3.04. The van der Waals surface area contributed by atoms with Crippen LogP contribution in [0.15, 0.2) is 24.3 Å². The summed E-state index contributed by atoms with van der Waals surface area (Å²) >= 11 is 0. The summed E-state index contributed by atoms with van der Waals surface area (Å²) in [7, 11) is 0. The van der Waals surface area contributed by atoms with Gasteiger partial charge in [-0.15, -0.1) is 0 Å². The number of aromatic nitrogens is 2. The highest BCUT2D eigenvalue weighted by atomic mass is 19.1. The lowest BCUT2D eigenvalue weighted by Gasteiger charge is -2.24. The van der Waals surface area contributed by atoms with E-state index in [1.165, 1.54) is 19.1 Å². The molecule has 7 heteroatoms. The first kappa shape index (κ1) is 17.1. The Hall–Kier alpha value is -2.70. The van der Waals surface area contributed by atoms with Gasteiger partial charge in [-0.1, -0.05) is 13.0 Å². The van der Waals surface area contributed by atoms with Gasteiger partial charge in [0.2, 0.25) is 0 Å². The number of aliphatic carboxylic acids is 1. The fraction of sp³-hybridized carbons (Fsp3) is 0.389. The second kappa shape index (κ2) is 6.31. The predicted molar refractivity (Wildman–Crippen MR) is 89.3 cm³/mol. The number of carbonyl (C=O) groups is 2. The van der Waals surface area contributed by atoms with Crippen molar-refractivity contribution < 1.29 is 19.1 Å². The highest BCUT2D eigenvalue weighted by Crippen LogP contribution is 2.28. The highest BCUT2D eigenvalue weighted by Gasteiger charge is 2.35. The van der Waals surface area contributed by atoms with E-state index in [9.17, 15) is 19.1 Å². The van der Waals surface area contributed by atoms with Crippen molar-refractivity contribution in [2.75, 3.05) is 0 Å². The Morgan fingerprint density at radius 1 is 1.40 bits per heavy atom. The summed E-state index contributed by atoms with van der Waals surface area (Å²) in [5.41, 5.74) is 1.10. The maximum absolute atomic E-state index is 13.5. The van der Waals surface area contributed by atoms with Crippen LogP contribution in [0.3, 0.4) is 0 Å². The molecule has 1 aromatic carbocycles. The Balaban J connectivity index is 2.00. The van der Waals surface area contributed by atoms with Gasteiger partial charge in [0.25, 0.3) is 5.91 Å². The summed E-state index contributed by atoms with van der Waals surface area (Å²) in [6, 6.07) is 6.02. The zero-order chi connectivity index (χ0) is 18.2. The van der Waals surface area contributed by atoms with Crippen LogP contribution in [-0.2, 0) is 17.6 Å². The van der Waals surface area contributed by atoms with Crippen LogP contribution in [0.4, 0.5) is 4.39 Å². The molecule has 0 spiro atoms. The molecule has 2 N–H and O–H groups in total. The van der Waals surface area contributed by atoms with Crippen LogP contribution in [0.2, 0.25) is 0 Å². The molecule has 1 heterocycles. The third-order valence-electron chi connectivity index (χ3n) is 4.77. The quantitative estimate of drug-likeness (QED) is 0.872. The molecular weight excluding hydrogens is 325 g/mol. The molecule has 1 aliphatic carbocycles. The zero-order valence-electron chi connectivity index (χ0n) is 14.2. The molecule has 6 nitrogen and oxygen atoms in total. The zero-order valence-corrected chi connectivity index (χ0v) is 14.2. The lowest BCUT2D eigenvalue weighted by Crippen LogP contribution is -2.52. The van der Waals surface area contributed by atoms with Crippen molar-refractivity contribution in [2.45, 2.75) is 45.1 Å². The van der Waals surface area contributed by atoms with Gasteiger partial charge in [0.05, 0.1) is 5.69 Å². The minimum atomic E-state index is -1.36. The van der Waals surface area contributed by atoms with E-state index in [1.54, 1.807) is 23.7 Å². The summed E-state index contributed by atoms with van der Waals surface area (Å²) in [5, 5.41) is 16.3. The first-order valence-corrected chi connectivity index (χ1v) is 8.28. The molecule has 25 heavy (non-hydrogen) atoms. The molecule has 3 rings (SSSR count). The van der Waals surface area contributed by atoms with E-state index in [4.69, 9.17) is 0 Å². The standard InChI is InChI=1S/C18H20FN3O3/c1-3-18(2,17(24)25)20-16(23)15-13-8-5-9-14(13)22(21-15)12-7-4-6-11(19)10-12/h4,6-7,10H,3,5,8-9H2,1-2H3,(H,20,23)(H,24,25).